The molecule has 1 atom stereocenters. The fourth-order valence-electron chi connectivity index (χ4n) is 2.91. The predicted octanol–water partition coefficient (Wildman–Crippen LogP) is 2.79. The fourth-order valence-corrected chi connectivity index (χ4v) is 2.91. The van der Waals surface area contributed by atoms with Crippen molar-refractivity contribution in [2.45, 2.75) is 51.5 Å². The van der Waals surface area contributed by atoms with Crippen LogP contribution in [0.4, 0.5) is 0 Å². The van der Waals surface area contributed by atoms with Crippen molar-refractivity contribution in [2.24, 2.45) is 0 Å². The van der Waals surface area contributed by atoms with Crippen LogP contribution >= 0.6 is 0 Å². The lowest BCUT2D eigenvalue weighted by molar-refractivity contribution is -0.144. The number of rotatable bonds is 8. The summed E-state index contributed by atoms with van der Waals surface area (Å²) in [5, 5.41) is 12.3. The van der Waals surface area contributed by atoms with Crippen molar-refractivity contribution < 1.29 is 14.6 Å². The van der Waals surface area contributed by atoms with Crippen molar-refractivity contribution in [2.75, 3.05) is 13.2 Å². The van der Waals surface area contributed by atoms with Gasteiger partial charge in [-0.1, -0.05) is 13.0 Å². The molecule has 0 saturated carbocycles. The third-order valence-corrected chi connectivity index (χ3v) is 4.20. The standard InChI is InChI=1S/C17H25NO3/c1-3-18-17(2,16(19)20)10-5-11-21-15-9-8-13-6-4-7-14(13)12-15/h8-9,12,18H,3-7,10-11H2,1-2H3,(H,19,20). The molecule has 4 heteroatoms. The lowest BCUT2D eigenvalue weighted by Gasteiger charge is -2.25. The molecule has 21 heavy (non-hydrogen) atoms. The maximum atomic E-state index is 11.3. The summed E-state index contributed by atoms with van der Waals surface area (Å²) in [6.07, 6.45) is 4.83. The van der Waals surface area contributed by atoms with E-state index in [2.05, 4.69) is 17.4 Å². The summed E-state index contributed by atoms with van der Waals surface area (Å²) >= 11 is 0. The molecule has 1 aromatic rings. The van der Waals surface area contributed by atoms with E-state index in [0.717, 1.165) is 12.2 Å². The van der Waals surface area contributed by atoms with Crippen molar-refractivity contribution in [3.8, 4) is 5.75 Å². The largest absolute Gasteiger partial charge is 0.494 e. The maximum Gasteiger partial charge on any atom is 0.323 e. The first-order valence-corrected chi connectivity index (χ1v) is 7.78. The number of carboxylic acids is 1. The van der Waals surface area contributed by atoms with E-state index in [0.29, 0.717) is 26.0 Å². The van der Waals surface area contributed by atoms with Crippen LogP contribution in [0, 0.1) is 0 Å². The highest BCUT2D eigenvalue weighted by Crippen LogP contribution is 2.26. The zero-order valence-corrected chi connectivity index (χ0v) is 12.9. The molecule has 0 radical (unpaired) electrons. The van der Waals surface area contributed by atoms with Crippen LogP contribution < -0.4 is 10.1 Å². The van der Waals surface area contributed by atoms with Crippen molar-refractivity contribution in [3.05, 3.63) is 29.3 Å². The second-order valence-electron chi connectivity index (χ2n) is 5.90. The highest BCUT2D eigenvalue weighted by atomic mass is 16.5. The first-order chi connectivity index (χ1) is 10.0. The molecule has 0 saturated heterocycles. The average molecular weight is 291 g/mol. The lowest BCUT2D eigenvalue weighted by atomic mass is 9.96. The summed E-state index contributed by atoms with van der Waals surface area (Å²) in [4.78, 5) is 11.3. The van der Waals surface area contributed by atoms with Gasteiger partial charge >= 0.3 is 5.97 Å². The quantitative estimate of drug-likeness (QED) is 0.723. The molecule has 0 heterocycles. The second-order valence-corrected chi connectivity index (χ2v) is 5.90. The number of likely N-dealkylation sites (N-methyl/N-ethyl adjacent to an activating group) is 1. The van der Waals surface area contributed by atoms with Gasteiger partial charge in [0.2, 0.25) is 0 Å². The molecule has 1 aliphatic rings. The number of fused-ring (bicyclic) bond motifs is 1. The van der Waals surface area contributed by atoms with Gasteiger partial charge in [-0.15, -0.1) is 0 Å². The SMILES string of the molecule is CCNC(C)(CCCOc1ccc2c(c1)CCC2)C(=O)O. The molecule has 1 aromatic carbocycles. The summed E-state index contributed by atoms with van der Waals surface area (Å²) in [5.74, 6) is 0.0954. The van der Waals surface area contributed by atoms with Crippen LogP contribution in [0.5, 0.6) is 5.75 Å². The Morgan fingerprint density at radius 3 is 2.86 bits per heavy atom. The Bertz CT molecular complexity index is 501. The van der Waals surface area contributed by atoms with Crippen LogP contribution in [0.3, 0.4) is 0 Å². The van der Waals surface area contributed by atoms with E-state index in [4.69, 9.17) is 4.74 Å². The number of hydrogen-bond acceptors (Lipinski definition) is 3. The monoisotopic (exact) mass is 291 g/mol. The zero-order valence-electron chi connectivity index (χ0n) is 12.9. The van der Waals surface area contributed by atoms with E-state index < -0.39 is 11.5 Å². The summed E-state index contributed by atoms with van der Waals surface area (Å²) in [7, 11) is 0. The van der Waals surface area contributed by atoms with Crippen molar-refractivity contribution in [1.82, 2.24) is 5.32 Å². The fraction of sp³-hybridized carbons (Fsp3) is 0.588. The van der Waals surface area contributed by atoms with Gasteiger partial charge in [0.1, 0.15) is 11.3 Å². The number of hydrogen-bond donors (Lipinski definition) is 2. The summed E-state index contributed by atoms with van der Waals surface area (Å²) in [6.45, 7) is 4.85. The Labute approximate surface area is 126 Å². The van der Waals surface area contributed by atoms with Crippen LogP contribution in [-0.2, 0) is 17.6 Å². The van der Waals surface area contributed by atoms with Gasteiger partial charge in [0.15, 0.2) is 0 Å². The van der Waals surface area contributed by atoms with E-state index in [1.807, 2.05) is 13.0 Å². The molecule has 0 aromatic heterocycles. The molecule has 2 rings (SSSR count). The predicted molar refractivity (Wildman–Crippen MR) is 82.9 cm³/mol. The van der Waals surface area contributed by atoms with Gasteiger partial charge in [-0.2, -0.15) is 0 Å². The van der Waals surface area contributed by atoms with Crippen LogP contribution in [-0.4, -0.2) is 29.8 Å². The molecular formula is C17H25NO3. The minimum absolute atomic E-state index is 0.549. The van der Waals surface area contributed by atoms with Gasteiger partial charge in [0.05, 0.1) is 6.61 Å². The smallest absolute Gasteiger partial charge is 0.323 e. The molecule has 116 valence electrons. The maximum absolute atomic E-state index is 11.3. The molecule has 0 spiro atoms. The number of benzene rings is 1. The first kappa shape index (κ1) is 15.8. The third-order valence-electron chi connectivity index (χ3n) is 4.20. The van der Waals surface area contributed by atoms with Crippen LogP contribution in [0.15, 0.2) is 18.2 Å². The van der Waals surface area contributed by atoms with Gasteiger partial charge in [-0.3, -0.25) is 4.79 Å². The molecule has 0 aliphatic heterocycles. The third kappa shape index (κ3) is 3.97. The Kier molecular flexibility index (Phi) is 5.23. The van der Waals surface area contributed by atoms with Crippen LogP contribution in [0.2, 0.25) is 0 Å². The summed E-state index contributed by atoms with van der Waals surface area (Å²) in [5.41, 5.74) is 1.97. The van der Waals surface area contributed by atoms with E-state index in [-0.39, 0.29) is 0 Å². The Balaban J connectivity index is 1.80. The minimum Gasteiger partial charge on any atom is -0.494 e. The average Bonchev–Trinajstić information content (AvgIpc) is 2.91. The number of ether oxygens (including phenoxy) is 1. The van der Waals surface area contributed by atoms with Gasteiger partial charge < -0.3 is 15.2 Å². The van der Waals surface area contributed by atoms with Gasteiger partial charge in [-0.25, -0.2) is 0 Å². The van der Waals surface area contributed by atoms with Crippen molar-refractivity contribution >= 4 is 5.97 Å². The molecular weight excluding hydrogens is 266 g/mol. The number of carboxylic acid groups (broad SMARTS) is 1. The summed E-state index contributed by atoms with van der Waals surface area (Å²) in [6, 6.07) is 6.30. The van der Waals surface area contributed by atoms with Crippen molar-refractivity contribution in [3.63, 3.8) is 0 Å². The van der Waals surface area contributed by atoms with E-state index in [9.17, 15) is 9.90 Å². The zero-order chi connectivity index (χ0) is 15.3. The number of carbonyl (C=O) groups is 1. The van der Waals surface area contributed by atoms with Crippen molar-refractivity contribution in [1.29, 1.82) is 0 Å². The second kappa shape index (κ2) is 6.94. The minimum atomic E-state index is -0.865. The van der Waals surface area contributed by atoms with E-state index in [1.165, 1.54) is 24.0 Å². The normalized spacial score (nSPS) is 16.3. The molecule has 1 unspecified atom stereocenters. The number of nitrogens with one attached hydrogen (secondary N) is 1. The molecule has 2 N–H and O–H groups in total. The lowest BCUT2D eigenvalue weighted by Crippen LogP contribution is -2.49. The molecule has 0 bridgehead atoms. The summed E-state index contributed by atoms with van der Waals surface area (Å²) < 4.78 is 5.76. The molecule has 1 aliphatic carbocycles. The van der Waals surface area contributed by atoms with E-state index in [1.54, 1.807) is 6.92 Å². The Morgan fingerprint density at radius 2 is 2.14 bits per heavy atom. The van der Waals surface area contributed by atoms with Crippen LogP contribution in [0.25, 0.3) is 0 Å². The molecule has 0 fully saturated rings. The molecule has 0 amide bonds. The van der Waals surface area contributed by atoms with Gasteiger partial charge in [0, 0.05) is 0 Å². The number of aliphatic carboxylic acids is 1. The topological polar surface area (TPSA) is 58.6 Å². The first-order valence-electron chi connectivity index (χ1n) is 7.78. The van der Waals surface area contributed by atoms with Crippen LogP contribution in [0.1, 0.15) is 44.2 Å². The highest BCUT2D eigenvalue weighted by Gasteiger charge is 2.31. The Morgan fingerprint density at radius 1 is 1.38 bits per heavy atom. The number of aryl methyl sites for hydroxylation is 2. The van der Waals surface area contributed by atoms with Gasteiger partial charge in [-0.05, 0) is 68.8 Å². The highest BCUT2D eigenvalue weighted by molar-refractivity contribution is 5.78. The van der Waals surface area contributed by atoms with E-state index >= 15 is 0 Å². The Hall–Kier alpha value is -1.55. The van der Waals surface area contributed by atoms with Gasteiger partial charge in [0.25, 0.3) is 0 Å². The molecule has 4 nitrogen and oxygen atoms in total.